The van der Waals surface area contributed by atoms with Gasteiger partial charge in [0.2, 0.25) is 11.8 Å². The van der Waals surface area contributed by atoms with Crippen LogP contribution in [0.3, 0.4) is 0 Å². The molecular formula is C28H46N2O14. The highest BCUT2D eigenvalue weighted by molar-refractivity contribution is 5.82. The van der Waals surface area contributed by atoms with Crippen molar-refractivity contribution in [2.45, 2.75) is 98.7 Å². The lowest BCUT2D eigenvalue weighted by Gasteiger charge is -2.41. The third-order valence-electron chi connectivity index (χ3n) is 9.02. The molecular weight excluding hydrogens is 588 g/mol. The van der Waals surface area contributed by atoms with Crippen molar-refractivity contribution in [2.24, 2.45) is 0 Å². The van der Waals surface area contributed by atoms with Crippen molar-refractivity contribution in [2.75, 3.05) is 69.0 Å². The van der Waals surface area contributed by atoms with Gasteiger partial charge in [-0.25, -0.2) is 0 Å². The average molecular weight is 635 g/mol. The van der Waals surface area contributed by atoms with Gasteiger partial charge in [-0.3, -0.25) is 9.59 Å². The Balaban J connectivity index is 1.24. The summed E-state index contributed by atoms with van der Waals surface area (Å²) >= 11 is 0. The molecule has 0 aromatic carbocycles. The maximum atomic E-state index is 13.3. The summed E-state index contributed by atoms with van der Waals surface area (Å²) in [4.78, 5) is 26.5. The molecule has 5 saturated heterocycles. The number of methoxy groups -OCH3 is 6. The summed E-state index contributed by atoms with van der Waals surface area (Å²) in [5, 5.41) is 5.82. The molecule has 0 radical (unpaired) electrons. The first-order chi connectivity index (χ1) is 21.3. The highest BCUT2D eigenvalue weighted by Gasteiger charge is 2.50. The van der Waals surface area contributed by atoms with Crippen molar-refractivity contribution in [1.82, 2.24) is 10.6 Å². The third-order valence-corrected chi connectivity index (χ3v) is 9.02. The second kappa shape index (κ2) is 15.4. The number of carbonyl (C=O) groups is 2. The molecule has 2 N–H and O–H groups in total. The van der Waals surface area contributed by atoms with Crippen LogP contribution in [-0.4, -0.2) is 167 Å². The lowest BCUT2D eigenvalue weighted by atomic mass is 10.0. The second-order valence-electron chi connectivity index (χ2n) is 11.4. The molecule has 14 atom stereocenters. The van der Waals surface area contributed by atoms with Crippen LogP contribution >= 0.6 is 0 Å². The predicted molar refractivity (Wildman–Crippen MR) is 147 cm³/mol. The van der Waals surface area contributed by atoms with Gasteiger partial charge in [0.15, 0.2) is 12.6 Å². The van der Waals surface area contributed by atoms with Crippen LogP contribution in [0.2, 0.25) is 0 Å². The fourth-order valence-electron chi connectivity index (χ4n) is 6.58. The van der Waals surface area contributed by atoms with Crippen molar-refractivity contribution in [3.8, 4) is 0 Å². The number of ether oxygens (including phenoxy) is 12. The van der Waals surface area contributed by atoms with Crippen molar-refractivity contribution >= 4 is 11.8 Å². The molecule has 0 saturated carbocycles. The molecule has 252 valence electrons. The lowest BCUT2D eigenvalue weighted by Crippen LogP contribution is -2.57. The summed E-state index contributed by atoms with van der Waals surface area (Å²) in [5.41, 5.74) is 0. The summed E-state index contributed by atoms with van der Waals surface area (Å²) in [6.45, 7) is 0.650. The predicted octanol–water partition coefficient (Wildman–Crippen LogP) is -1.88. The van der Waals surface area contributed by atoms with Crippen LogP contribution in [0.5, 0.6) is 0 Å². The molecule has 4 bridgehead atoms. The van der Waals surface area contributed by atoms with E-state index >= 15 is 0 Å². The monoisotopic (exact) mass is 634 g/mol. The number of hydrogen-bond acceptors (Lipinski definition) is 14. The van der Waals surface area contributed by atoms with E-state index in [4.69, 9.17) is 56.8 Å². The van der Waals surface area contributed by atoms with Gasteiger partial charge in [-0.2, -0.15) is 0 Å². The first-order valence-electron chi connectivity index (χ1n) is 14.9. The molecule has 16 heteroatoms. The van der Waals surface area contributed by atoms with Gasteiger partial charge in [0, 0.05) is 68.6 Å². The zero-order valence-corrected chi connectivity index (χ0v) is 26.0. The molecule has 16 nitrogen and oxygen atoms in total. The molecule has 5 rings (SSSR count). The first-order valence-corrected chi connectivity index (χ1v) is 14.9. The number of carbonyl (C=O) groups excluding carboxylic acids is 2. The number of fused-ring (bicyclic) bond motifs is 4. The number of amides is 2. The van der Waals surface area contributed by atoms with Gasteiger partial charge in [0.25, 0.3) is 0 Å². The topological polar surface area (TPSA) is 169 Å². The highest BCUT2D eigenvalue weighted by atomic mass is 16.7. The van der Waals surface area contributed by atoms with E-state index in [1.807, 2.05) is 0 Å². The van der Waals surface area contributed by atoms with Crippen molar-refractivity contribution in [3.63, 3.8) is 0 Å². The normalized spacial score (nSPS) is 44.9. The zero-order chi connectivity index (χ0) is 31.4. The molecule has 0 aromatic rings. The molecule has 0 spiro atoms. The summed E-state index contributed by atoms with van der Waals surface area (Å²) in [5.74, 6) is -0.654. The van der Waals surface area contributed by atoms with Gasteiger partial charge in [-0.05, 0) is 0 Å². The van der Waals surface area contributed by atoms with Gasteiger partial charge in [0.1, 0.15) is 61.0 Å². The molecule has 5 aliphatic heterocycles. The van der Waals surface area contributed by atoms with E-state index in [-0.39, 0.29) is 63.2 Å². The van der Waals surface area contributed by atoms with E-state index in [2.05, 4.69) is 10.6 Å². The Morgan fingerprint density at radius 3 is 1.27 bits per heavy atom. The summed E-state index contributed by atoms with van der Waals surface area (Å²) in [6, 6.07) is 0. The molecule has 0 unspecified atom stereocenters. The Labute approximate surface area is 256 Å². The minimum atomic E-state index is -0.819. The fourth-order valence-corrected chi connectivity index (χ4v) is 6.58. The Bertz CT molecular complexity index is 887. The smallest absolute Gasteiger partial charge is 0.249 e. The quantitative estimate of drug-likeness (QED) is 0.274. The van der Waals surface area contributed by atoms with Crippen LogP contribution in [0.15, 0.2) is 0 Å². The highest BCUT2D eigenvalue weighted by Crippen LogP contribution is 2.32. The lowest BCUT2D eigenvalue weighted by molar-refractivity contribution is -0.296. The van der Waals surface area contributed by atoms with E-state index in [1.165, 1.54) is 14.2 Å². The molecule has 0 aromatic heterocycles. The summed E-state index contributed by atoms with van der Waals surface area (Å²) < 4.78 is 70.1. The van der Waals surface area contributed by atoms with Gasteiger partial charge >= 0.3 is 0 Å². The Morgan fingerprint density at radius 2 is 0.932 bits per heavy atom. The Kier molecular flexibility index (Phi) is 11.8. The van der Waals surface area contributed by atoms with E-state index in [9.17, 15) is 9.59 Å². The van der Waals surface area contributed by atoms with E-state index in [0.717, 1.165) is 0 Å². The maximum absolute atomic E-state index is 13.3. The maximum Gasteiger partial charge on any atom is 0.249 e. The number of nitrogens with one attached hydrogen (secondary N) is 2. The molecule has 5 heterocycles. The van der Waals surface area contributed by atoms with Crippen molar-refractivity contribution in [3.05, 3.63) is 0 Å². The van der Waals surface area contributed by atoms with E-state index in [0.29, 0.717) is 0 Å². The van der Waals surface area contributed by atoms with Crippen LogP contribution in [0.4, 0.5) is 0 Å². The van der Waals surface area contributed by atoms with Crippen molar-refractivity contribution in [1.29, 1.82) is 0 Å². The molecule has 2 amide bonds. The van der Waals surface area contributed by atoms with Crippen LogP contribution in [-0.2, 0) is 66.4 Å². The van der Waals surface area contributed by atoms with Gasteiger partial charge in [-0.15, -0.1) is 0 Å². The molecule has 5 aliphatic rings. The Hall–Kier alpha value is -1.54. The fraction of sp³-hybridized carbons (Fsp3) is 0.929. The minimum Gasteiger partial charge on any atom is -0.376 e. The first kappa shape index (κ1) is 33.8. The summed E-state index contributed by atoms with van der Waals surface area (Å²) in [7, 11) is 9.37. The number of hydrogen-bond donors (Lipinski definition) is 2. The van der Waals surface area contributed by atoms with Crippen LogP contribution in [0, 0.1) is 0 Å². The minimum absolute atomic E-state index is 0.0908. The van der Waals surface area contributed by atoms with Gasteiger partial charge in [-0.1, -0.05) is 0 Å². The van der Waals surface area contributed by atoms with Crippen molar-refractivity contribution < 1.29 is 66.4 Å². The standard InChI is InChI=1S/C28H46N2O14/c1-33-19-11-39-27(23(37-5)21(19)35-3)43-13-7-15-25(31)30-10-18-14(8-16(42-18)26(32)29-9-17(13)41-15)44-28-24(38-6)22(36-4)20(34-2)12-40-28/h13-24,27-28H,7-12H2,1-6H3,(H,29,32)(H,30,31)/t13-,14-,15+,16+,17+,18+,19+,20+,21-,22-,23+,24+,27+,28+/m0/s1. The SMILES string of the molecule is CO[C@@H]1[C@@H](OC)[C@@H](O[C@H]2C[C@H]3O[C@@H]2CNC(=O)[C@H]2C[C@H](O[C@H]4OC[C@@H](OC)[C@H](OC)[C@H]4OC)[C@@H](CNC3=O)O2)OC[C@H]1OC. The number of rotatable bonds is 10. The van der Waals surface area contributed by atoms with Crippen LogP contribution in [0.1, 0.15) is 12.8 Å². The van der Waals surface area contributed by atoms with Crippen LogP contribution in [0.25, 0.3) is 0 Å². The average Bonchev–Trinajstić information content (AvgIpc) is 3.65. The van der Waals surface area contributed by atoms with Crippen LogP contribution < -0.4 is 10.6 Å². The van der Waals surface area contributed by atoms with E-state index in [1.54, 1.807) is 28.4 Å². The Morgan fingerprint density at radius 1 is 0.545 bits per heavy atom. The molecule has 0 aliphatic carbocycles. The van der Waals surface area contributed by atoms with Gasteiger partial charge < -0.3 is 67.5 Å². The molecule has 5 fully saturated rings. The largest absolute Gasteiger partial charge is 0.376 e. The zero-order valence-electron chi connectivity index (χ0n) is 26.0. The second-order valence-corrected chi connectivity index (χ2v) is 11.4. The summed E-state index contributed by atoms with van der Waals surface area (Å²) in [6.07, 6.45) is -7.85. The molecule has 44 heavy (non-hydrogen) atoms. The third kappa shape index (κ3) is 7.06. The van der Waals surface area contributed by atoms with Gasteiger partial charge in [0.05, 0.1) is 25.4 Å². The van der Waals surface area contributed by atoms with E-state index < -0.39 is 73.6 Å².